The molecule has 2 aliphatic rings. The Morgan fingerprint density at radius 2 is 1.86 bits per heavy atom. The molecule has 3 aromatic rings. The van der Waals surface area contributed by atoms with E-state index in [9.17, 15) is 19.5 Å². The predicted octanol–water partition coefficient (Wildman–Crippen LogP) is 3.58. The molecule has 0 aliphatic carbocycles. The van der Waals surface area contributed by atoms with Gasteiger partial charge in [0.05, 0.1) is 24.3 Å². The number of aliphatic hydroxyl groups is 1. The van der Waals surface area contributed by atoms with Crippen LogP contribution in [0, 0.1) is 6.92 Å². The minimum Gasteiger partial charge on any atom is -0.507 e. The summed E-state index contributed by atoms with van der Waals surface area (Å²) in [5, 5.41) is 20.2. The second-order valence-electron chi connectivity index (χ2n) is 8.34. The first-order valence-electron chi connectivity index (χ1n) is 10.9. The number of anilines is 1. The van der Waals surface area contributed by atoms with Gasteiger partial charge in [0.15, 0.2) is 0 Å². The van der Waals surface area contributed by atoms with Gasteiger partial charge in [0.25, 0.3) is 5.78 Å². The molecule has 1 amide bonds. The van der Waals surface area contributed by atoms with Crippen LogP contribution in [0.25, 0.3) is 5.76 Å². The van der Waals surface area contributed by atoms with Crippen molar-refractivity contribution in [3.05, 3.63) is 75.3 Å². The molecule has 1 fully saturated rings. The van der Waals surface area contributed by atoms with Crippen molar-refractivity contribution < 1.29 is 29.0 Å². The highest BCUT2D eigenvalue weighted by molar-refractivity contribution is 7.15. The van der Waals surface area contributed by atoms with E-state index in [1.807, 2.05) is 6.92 Å². The highest BCUT2D eigenvalue weighted by Gasteiger charge is 2.48. The number of methoxy groups -OCH3 is 1. The number of hydrogen-bond donors (Lipinski definition) is 1. The summed E-state index contributed by atoms with van der Waals surface area (Å²) in [6.45, 7) is 3.69. The number of aromatic nitrogens is 2. The summed E-state index contributed by atoms with van der Waals surface area (Å²) in [6.07, 6.45) is 0.690. The molecule has 0 spiro atoms. The second kappa shape index (κ2) is 8.62. The Morgan fingerprint density at radius 3 is 2.51 bits per heavy atom. The van der Waals surface area contributed by atoms with Crippen LogP contribution in [0.4, 0.5) is 5.13 Å². The van der Waals surface area contributed by atoms with E-state index >= 15 is 0 Å². The van der Waals surface area contributed by atoms with Crippen molar-refractivity contribution >= 4 is 39.9 Å². The van der Waals surface area contributed by atoms with Gasteiger partial charge in [0, 0.05) is 12.0 Å². The van der Waals surface area contributed by atoms with E-state index in [1.165, 1.54) is 12.0 Å². The number of fused-ring (bicyclic) bond motifs is 1. The van der Waals surface area contributed by atoms with Gasteiger partial charge in [-0.15, -0.1) is 10.2 Å². The first-order valence-corrected chi connectivity index (χ1v) is 11.7. The molecule has 178 valence electrons. The molecule has 2 aromatic carbocycles. The predicted molar refractivity (Wildman–Crippen MR) is 127 cm³/mol. The fraction of sp³-hybridized carbons (Fsp3) is 0.240. The van der Waals surface area contributed by atoms with E-state index < -0.39 is 23.7 Å². The van der Waals surface area contributed by atoms with Crippen LogP contribution >= 0.6 is 11.3 Å². The monoisotopic (exact) mass is 491 g/mol. The van der Waals surface area contributed by atoms with Gasteiger partial charge in [-0.05, 0) is 55.3 Å². The molecule has 2 aliphatic heterocycles. The van der Waals surface area contributed by atoms with Gasteiger partial charge in [-0.1, -0.05) is 23.5 Å². The van der Waals surface area contributed by atoms with Crippen molar-refractivity contribution in [1.82, 2.24) is 10.2 Å². The lowest BCUT2D eigenvalue weighted by Crippen LogP contribution is -2.29. The molecular formula is C25H21N3O6S. The Labute approximate surface area is 204 Å². The smallest absolute Gasteiger partial charge is 0.337 e. The zero-order valence-corrected chi connectivity index (χ0v) is 20.0. The lowest BCUT2D eigenvalue weighted by molar-refractivity contribution is -0.132. The van der Waals surface area contributed by atoms with Gasteiger partial charge in [-0.25, -0.2) is 4.79 Å². The molecule has 0 saturated carbocycles. The lowest BCUT2D eigenvalue weighted by Gasteiger charge is -2.22. The highest BCUT2D eigenvalue weighted by atomic mass is 32.1. The third kappa shape index (κ3) is 3.85. The van der Waals surface area contributed by atoms with E-state index in [0.717, 1.165) is 22.6 Å². The zero-order valence-electron chi connectivity index (χ0n) is 19.1. The number of aliphatic hydroxyl groups excluding tert-OH is 1. The Hall–Kier alpha value is -4.05. The van der Waals surface area contributed by atoms with Crippen LogP contribution in [-0.4, -0.2) is 46.2 Å². The molecule has 0 unspecified atom stereocenters. The van der Waals surface area contributed by atoms with Crippen molar-refractivity contribution in [2.45, 2.75) is 32.4 Å². The number of amides is 1. The molecule has 1 aromatic heterocycles. The molecular weight excluding hydrogens is 470 g/mol. The lowest BCUT2D eigenvalue weighted by atomic mass is 9.94. The van der Waals surface area contributed by atoms with Gasteiger partial charge in [-0.2, -0.15) is 0 Å². The van der Waals surface area contributed by atoms with Crippen LogP contribution in [0.1, 0.15) is 45.0 Å². The van der Waals surface area contributed by atoms with Crippen molar-refractivity contribution in [1.29, 1.82) is 0 Å². The summed E-state index contributed by atoms with van der Waals surface area (Å²) in [5.74, 6) is -1.73. The Balaban J connectivity index is 1.66. The molecule has 3 heterocycles. The topological polar surface area (TPSA) is 119 Å². The number of hydrogen-bond acceptors (Lipinski definition) is 9. The van der Waals surface area contributed by atoms with Crippen LogP contribution in [0.15, 0.2) is 48.0 Å². The third-order valence-corrected chi connectivity index (χ3v) is 6.82. The van der Waals surface area contributed by atoms with Crippen molar-refractivity contribution in [3.63, 3.8) is 0 Å². The minimum absolute atomic E-state index is 0.0157. The van der Waals surface area contributed by atoms with E-state index in [1.54, 1.807) is 49.4 Å². The first kappa shape index (κ1) is 22.7. The molecule has 1 saturated heterocycles. The van der Waals surface area contributed by atoms with Crippen molar-refractivity contribution in [2.75, 3.05) is 12.0 Å². The molecule has 0 bridgehead atoms. The summed E-state index contributed by atoms with van der Waals surface area (Å²) in [7, 11) is 1.28. The van der Waals surface area contributed by atoms with Gasteiger partial charge >= 0.3 is 11.9 Å². The SMILES string of the molecule is COC(=O)c1ccc([C@H]2/C(=C(\O)c3ccc4c(c3)C[C@H](C)O4)C(=O)C(=O)N2c2nnc(C)s2)cc1. The Bertz CT molecular complexity index is 1390. The van der Waals surface area contributed by atoms with Gasteiger partial charge in [-0.3, -0.25) is 14.5 Å². The van der Waals surface area contributed by atoms with Crippen LogP contribution in [0.3, 0.4) is 0 Å². The summed E-state index contributed by atoms with van der Waals surface area (Å²) < 4.78 is 10.5. The number of benzene rings is 2. The third-order valence-electron chi connectivity index (χ3n) is 5.98. The maximum atomic E-state index is 13.3. The largest absolute Gasteiger partial charge is 0.507 e. The summed E-state index contributed by atoms with van der Waals surface area (Å²) in [4.78, 5) is 39.6. The van der Waals surface area contributed by atoms with Gasteiger partial charge in [0.2, 0.25) is 5.13 Å². The Morgan fingerprint density at radius 1 is 1.14 bits per heavy atom. The molecule has 5 rings (SSSR count). The average Bonchev–Trinajstić information content (AvgIpc) is 3.52. The van der Waals surface area contributed by atoms with E-state index in [0.29, 0.717) is 28.1 Å². The van der Waals surface area contributed by atoms with Crippen LogP contribution in [-0.2, 0) is 20.7 Å². The summed E-state index contributed by atoms with van der Waals surface area (Å²) in [5.41, 5.74) is 2.08. The maximum absolute atomic E-state index is 13.3. The fourth-order valence-corrected chi connectivity index (χ4v) is 5.09. The van der Waals surface area contributed by atoms with E-state index in [2.05, 4.69) is 10.2 Å². The number of ketones is 1. The second-order valence-corrected chi connectivity index (χ2v) is 9.50. The molecule has 0 radical (unpaired) electrons. The normalized spacial score (nSPS) is 20.6. The molecule has 9 nitrogen and oxygen atoms in total. The zero-order chi connectivity index (χ0) is 24.9. The number of carbonyl (C=O) groups excluding carboxylic acids is 3. The van der Waals surface area contributed by atoms with E-state index in [4.69, 9.17) is 9.47 Å². The fourth-order valence-electron chi connectivity index (χ4n) is 4.37. The van der Waals surface area contributed by atoms with Gasteiger partial charge < -0.3 is 14.6 Å². The van der Waals surface area contributed by atoms with Gasteiger partial charge in [0.1, 0.15) is 22.6 Å². The first-order chi connectivity index (χ1) is 16.8. The maximum Gasteiger partial charge on any atom is 0.337 e. The Kier molecular flexibility index (Phi) is 5.60. The quantitative estimate of drug-likeness (QED) is 0.255. The standard InChI is InChI=1S/C25H21N3O6S/c1-12-10-17-11-16(8-9-18(17)34-12)21(29)19-20(14-4-6-15(7-5-14)24(32)33-3)28(23(31)22(19)30)25-27-26-13(2)35-25/h4-9,11-12,20,29H,10H2,1-3H3/b21-19+/t12-,20-/m0/s1. The summed E-state index contributed by atoms with van der Waals surface area (Å²) >= 11 is 1.16. The number of carbonyl (C=O) groups is 3. The minimum atomic E-state index is -0.961. The molecule has 10 heteroatoms. The average molecular weight is 492 g/mol. The number of Topliss-reactive ketones (excluding diaryl/α,β-unsaturated/α-hetero) is 1. The van der Waals surface area contributed by atoms with Crippen molar-refractivity contribution in [2.24, 2.45) is 0 Å². The number of ether oxygens (including phenoxy) is 2. The van der Waals surface area contributed by atoms with Crippen LogP contribution in [0.2, 0.25) is 0 Å². The number of nitrogens with zero attached hydrogens (tertiary/aromatic N) is 3. The van der Waals surface area contributed by atoms with Crippen LogP contribution in [0.5, 0.6) is 5.75 Å². The summed E-state index contributed by atoms with van der Waals surface area (Å²) in [6, 6.07) is 10.5. The number of esters is 1. The number of rotatable bonds is 4. The molecule has 1 N–H and O–H groups in total. The molecule has 2 atom stereocenters. The van der Waals surface area contributed by atoms with E-state index in [-0.39, 0.29) is 22.6 Å². The van der Waals surface area contributed by atoms with Crippen LogP contribution < -0.4 is 9.64 Å². The number of aryl methyl sites for hydroxylation is 1. The highest BCUT2D eigenvalue weighted by Crippen LogP contribution is 2.43. The molecule has 35 heavy (non-hydrogen) atoms. The van der Waals surface area contributed by atoms with Crippen molar-refractivity contribution in [3.8, 4) is 5.75 Å².